The molecule has 0 saturated carbocycles. The Morgan fingerprint density at radius 2 is 1.85 bits per heavy atom. The first-order valence-corrected chi connectivity index (χ1v) is 7.74. The number of piperidine rings is 1. The van der Waals surface area contributed by atoms with Gasteiger partial charge in [0.15, 0.2) is 0 Å². The third kappa shape index (κ3) is 4.64. The Hall–Kier alpha value is -1.35. The van der Waals surface area contributed by atoms with Gasteiger partial charge in [0.2, 0.25) is 5.91 Å². The third-order valence-electron chi connectivity index (χ3n) is 4.12. The molecule has 1 heterocycles. The van der Waals surface area contributed by atoms with Crippen LogP contribution in [-0.2, 0) is 11.2 Å². The largest absolute Gasteiger partial charge is 0.343 e. The van der Waals surface area contributed by atoms with Crippen molar-refractivity contribution in [3.8, 4) is 0 Å². The van der Waals surface area contributed by atoms with E-state index in [1.54, 1.807) is 0 Å². The van der Waals surface area contributed by atoms with E-state index in [1.807, 2.05) is 4.90 Å². The zero-order valence-electron chi connectivity index (χ0n) is 12.5. The highest BCUT2D eigenvalue weighted by Crippen LogP contribution is 2.12. The van der Waals surface area contributed by atoms with Crippen molar-refractivity contribution in [2.45, 2.75) is 51.5 Å². The summed E-state index contributed by atoms with van der Waals surface area (Å²) in [7, 11) is 0. The van der Waals surface area contributed by atoms with Gasteiger partial charge in [0.05, 0.1) is 0 Å². The molecule has 0 atom stereocenters. The molecule has 0 spiro atoms. The molecule has 1 saturated heterocycles. The van der Waals surface area contributed by atoms with E-state index in [0.717, 1.165) is 45.2 Å². The summed E-state index contributed by atoms with van der Waals surface area (Å²) in [5, 5.41) is 0. The van der Waals surface area contributed by atoms with Crippen LogP contribution in [0.1, 0.15) is 43.2 Å². The molecule has 1 amide bonds. The highest BCUT2D eigenvalue weighted by molar-refractivity contribution is 5.76. The van der Waals surface area contributed by atoms with Crippen LogP contribution in [0, 0.1) is 6.92 Å². The van der Waals surface area contributed by atoms with Gasteiger partial charge >= 0.3 is 0 Å². The van der Waals surface area contributed by atoms with Crippen molar-refractivity contribution in [2.75, 3.05) is 13.1 Å². The molecule has 3 nitrogen and oxygen atoms in total. The number of hydrogen-bond donors (Lipinski definition) is 1. The fourth-order valence-electron chi connectivity index (χ4n) is 2.67. The summed E-state index contributed by atoms with van der Waals surface area (Å²) in [5.74, 6) is 0.306. The van der Waals surface area contributed by atoms with Gasteiger partial charge in [0, 0.05) is 25.6 Å². The number of nitrogens with zero attached hydrogens (tertiary/aromatic N) is 1. The molecular weight excluding hydrogens is 248 g/mol. The van der Waals surface area contributed by atoms with Crippen molar-refractivity contribution in [1.82, 2.24) is 4.90 Å². The van der Waals surface area contributed by atoms with Crippen LogP contribution in [0.5, 0.6) is 0 Å². The molecule has 3 heteroatoms. The molecule has 1 aromatic rings. The van der Waals surface area contributed by atoms with Crippen LogP contribution in [0.25, 0.3) is 0 Å². The minimum Gasteiger partial charge on any atom is -0.343 e. The topological polar surface area (TPSA) is 46.3 Å². The second-order valence-corrected chi connectivity index (χ2v) is 5.91. The number of unbranched alkanes of at least 4 members (excludes halogenated alkanes) is 1. The maximum absolute atomic E-state index is 12.0. The van der Waals surface area contributed by atoms with E-state index in [9.17, 15) is 4.79 Å². The molecule has 1 fully saturated rings. The van der Waals surface area contributed by atoms with Gasteiger partial charge < -0.3 is 10.6 Å². The number of benzene rings is 1. The predicted octanol–water partition coefficient (Wildman–Crippen LogP) is 2.66. The second-order valence-electron chi connectivity index (χ2n) is 5.91. The maximum Gasteiger partial charge on any atom is 0.222 e. The predicted molar refractivity (Wildman–Crippen MR) is 82.5 cm³/mol. The molecule has 0 bridgehead atoms. The smallest absolute Gasteiger partial charge is 0.222 e. The van der Waals surface area contributed by atoms with Gasteiger partial charge in [0.25, 0.3) is 0 Å². The summed E-state index contributed by atoms with van der Waals surface area (Å²) in [6.45, 7) is 3.79. The average molecular weight is 274 g/mol. The number of carbonyl (C=O) groups is 1. The van der Waals surface area contributed by atoms with Gasteiger partial charge in [-0.2, -0.15) is 0 Å². The van der Waals surface area contributed by atoms with Gasteiger partial charge in [-0.15, -0.1) is 0 Å². The first kappa shape index (κ1) is 15.0. The van der Waals surface area contributed by atoms with Crippen molar-refractivity contribution in [3.63, 3.8) is 0 Å². The Labute approximate surface area is 122 Å². The molecule has 20 heavy (non-hydrogen) atoms. The summed E-state index contributed by atoms with van der Waals surface area (Å²) in [5.41, 5.74) is 8.52. The zero-order valence-corrected chi connectivity index (χ0v) is 12.5. The van der Waals surface area contributed by atoms with Gasteiger partial charge in [-0.1, -0.05) is 29.8 Å². The summed E-state index contributed by atoms with van der Waals surface area (Å²) in [4.78, 5) is 14.0. The van der Waals surface area contributed by atoms with Gasteiger partial charge in [-0.3, -0.25) is 4.79 Å². The minimum absolute atomic E-state index is 0.292. The second kappa shape index (κ2) is 7.44. The van der Waals surface area contributed by atoms with E-state index in [4.69, 9.17) is 5.73 Å². The SMILES string of the molecule is Cc1ccc(CCCCC(=O)N2CCC(N)CC2)cc1. The Kier molecular flexibility index (Phi) is 5.60. The molecule has 1 aliphatic heterocycles. The molecule has 110 valence electrons. The van der Waals surface area contributed by atoms with Crippen LogP contribution in [0.15, 0.2) is 24.3 Å². The van der Waals surface area contributed by atoms with Crippen LogP contribution in [-0.4, -0.2) is 29.9 Å². The molecule has 0 radical (unpaired) electrons. The van der Waals surface area contributed by atoms with Gasteiger partial charge in [-0.05, 0) is 44.6 Å². The number of likely N-dealkylation sites (tertiary alicyclic amines) is 1. The van der Waals surface area contributed by atoms with E-state index >= 15 is 0 Å². The van der Waals surface area contributed by atoms with E-state index in [1.165, 1.54) is 11.1 Å². The van der Waals surface area contributed by atoms with Crippen LogP contribution in [0.2, 0.25) is 0 Å². The van der Waals surface area contributed by atoms with Crippen LogP contribution < -0.4 is 5.73 Å². The number of rotatable bonds is 5. The molecular formula is C17H26N2O. The molecule has 0 aromatic heterocycles. The lowest BCUT2D eigenvalue weighted by Gasteiger charge is -2.30. The number of carbonyl (C=O) groups excluding carboxylic acids is 1. The van der Waals surface area contributed by atoms with Crippen molar-refractivity contribution in [2.24, 2.45) is 5.73 Å². The zero-order chi connectivity index (χ0) is 14.4. The number of amides is 1. The van der Waals surface area contributed by atoms with Crippen molar-refractivity contribution in [1.29, 1.82) is 0 Å². The lowest BCUT2D eigenvalue weighted by Crippen LogP contribution is -2.42. The molecule has 1 aromatic carbocycles. The van der Waals surface area contributed by atoms with Gasteiger partial charge in [-0.25, -0.2) is 0 Å². The summed E-state index contributed by atoms with van der Waals surface area (Å²) >= 11 is 0. The number of aryl methyl sites for hydroxylation is 2. The fraction of sp³-hybridized carbons (Fsp3) is 0.588. The molecule has 0 aliphatic carbocycles. The Morgan fingerprint density at radius 1 is 1.20 bits per heavy atom. The molecule has 2 rings (SSSR count). The molecule has 1 aliphatic rings. The highest BCUT2D eigenvalue weighted by atomic mass is 16.2. The molecule has 2 N–H and O–H groups in total. The van der Waals surface area contributed by atoms with E-state index in [2.05, 4.69) is 31.2 Å². The third-order valence-corrected chi connectivity index (χ3v) is 4.12. The maximum atomic E-state index is 12.0. The Morgan fingerprint density at radius 3 is 2.50 bits per heavy atom. The van der Waals surface area contributed by atoms with Crippen molar-refractivity contribution < 1.29 is 4.79 Å². The first-order chi connectivity index (χ1) is 9.65. The number of nitrogens with two attached hydrogens (primary N) is 1. The van der Waals surface area contributed by atoms with Crippen molar-refractivity contribution in [3.05, 3.63) is 35.4 Å². The Balaban J connectivity index is 1.63. The van der Waals surface area contributed by atoms with Crippen molar-refractivity contribution >= 4 is 5.91 Å². The molecule has 0 unspecified atom stereocenters. The fourth-order valence-corrected chi connectivity index (χ4v) is 2.67. The van der Waals surface area contributed by atoms with Crippen LogP contribution in [0.4, 0.5) is 0 Å². The quantitative estimate of drug-likeness (QED) is 0.839. The lowest BCUT2D eigenvalue weighted by atomic mass is 10.0. The summed E-state index contributed by atoms with van der Waals surface area (Å²) in [6.07, 6.45) is 5.72. The number of hydrogen-bond acceptors (Lipinski definition) is 2. The van der Waals surface area contributed by atoms with E-state index in [-0.39, 0.29) is 0 Å². The standard InChI is InChI=1S/C17H26N2O/c1-14-6-8-15(9-7-14)4-2-3-5-17(20)19-12-10-16(18)11-13-19/h6-9,16H,2-5,10-13,18H2,1H3. The first-order valence-electron chi connectivity index (χ1n) is 7.74. The summed E-state index contributed by atoms with van der Waals surface area (Å²) < 4.78 is 0. The highest BCUT2D eigenvalue weighted by Gasteiger charge is 2.19. The average Bonchev–Trinajstić information content (AvgIpc) is 2.46. The Bertz CT molecular complexity index is 419. The monoisotopic (exact) mass is 274 g/mol. The van der Waals surface area contributed by atoms with E-state index < -0.39 is 0 Å². The lowest BCUT2D eigenvalue weighted by molar-refractivity contribution is -0.132. The van der Waals surface area contributed by atoms with Crippen LogP contribution in [0.3, 0.4) is 0 Å². The normalized spacial score (nSPS) is 16.4. The summed E-state index contributed by atoms with van der Waals surface area (Å²) in [6, 6.07) is 8.96. The van der Waals surface area contributed by atoms with Gasteiger partial charge in [0.1, 0.15) is 0 Å². The minimum atomic E-state index is 0.292. The van der Waals surface area contributed by atoms with Crippen LogP contribution >= 0.6 is 0 Å². The van der Waals surface area contributed by atoms with E-state index in [0.29, 0.717) is 18.4 Å².